The molecular formula is C19H20N6O4S. The Morgan fingerprint density at radius 1 is 1.40 bits per heavy atom. The second kappa shape index (κ2) is 7.23. The molecule has 1 aliphatic heterocycles. The van der Waals surface area contributed by atoms with Crippen molar-refractivity contribution in [2.45, 2.75) is 18.9 Å². The number of esters is 1. The Morgan fingerprint density at radius 3 is 2.83 bits per heavy atom. The predicted octanol–water partition coefficient (Wildman–Crippen LogP) is 1.49. The molecule has 3 aromatic heterocycles. The van der Waals surface area contributed by atoms with Gasteiger partial charge in [0.05, 0.1) is 37.1 Å². The fourth-order valence-corrected chi connectivity index (χ4v) is 4.67. The maximum Gasteiger partial charge on any atom is 0.340 e. The number of aromatic amines is 1. The van der Waals surface area contributed by atoms with Crippen LogP contribution in [0.2, 0.25) is 0 Å². The smallest absolute Gasteiger partial charge is 0.340 e. The van der Waals surface area contributed by atoms with Gasteiger partial charge in [-0.15, -0.1) is 0 Å². The Bertz CT molecular complexity index is 1260. The summed E-state index contributed by atoms with van der Waals surface area (Å²) in [6.45, 7) is 2.30. The van der Waals surface area contributed by atoms with Gasteiger partial charge < -0.3 is 9.72 Å². The van der Waals surface area contributed by atoms with Gasteiger partial charge in [-0.05, 0) is 13.0 Å². The number of fused-ring (bicyclic) bond motifs is 1. The normalized spacial score (nSPS) is 16.2. The number of aromatic nitrogens is 4. The average Bonchev–Trinajstić information content (AvgIpc) is 3.32. The number of rotatable bonds is 6. The largest absolute Gasteiger partial charge is 0.462 e. The number of nitrogens with one attached hydrogen (secondary N) is 1. The number of pyridine rings is 1. The van der Waals surface area contributed by atoms with Crippen molar-refractivity contribution in [3.05, 3.63) is 36.4 Å². The molecule has 10 nitrogen and oxygen atoms in total. The molecule has 11 heteroatoms. The maximum absolute atomic E-state index is 12.5. The number of carbonyl (C=O) groups is 1. The van der Waals surface area contributed by atoms with Crippen molar-refractivity contribution in [1.82, 2.24) is 24.1 Å². The molecule has 4 heterocycles. The van der Waals surface area contributed by atoms with E-state index in [1.165, 1.54) is 10.5 Å². The molecule has 156 valence electrons. The van der Waals surface area contributed by atoms with Gasteiger partial charge >= 0.3 is 5.97 Å². The standard InChI is InChI=1S/C19H20N6O4S/c1-3-29-18(26)15-9-22-17-14(4-7-21-17)16(15)13-8-23-25(10-13)19(5-6-20)11-24(12-19)30(2,27)28/h4,7-10H,3,5,11-12H2,1-2H3,(H,21,22). The van der Waals surface area contributed by atoms with Crippen LogP contribution in [0.15, 0.2) is 30.9 Å². The number of nitriles is 1. The molecular weight excluding hydrogens is 408 g/mol. The lowest BCUT2D eigenvalue weighted by molar-refractivity contribution is 0.0527. The zero-order valence-corrected chi connectivity index (χ0v) is 17.3. The third-order valence-electron chi connectivity index (χ3n) is 5.26. The number of nitrogens with zero attached hydrogens (tertiary/aromatic N) is 5. The molecule has 0 aromatic carbocycles. The van der Waals surface area contributed by atoms with Crippen molar-refractivity contribution < 1.29 is 17.9 Å². The number of carbonyl (C=O) groups excluding carboxylic acids is 1. The van der Waals surface area contributed by atoms with Crippen LogP contribution in [0.3, 0.4) is 0 Å². The number of hydrogen-bond donors (Lipinski definition) is 1. The van der Waals surface area contributed by atoms with Crippen molar-refractivity contribution in [3.8, 4) is 17.2 Å². The molecule has 3 aromatic rings. The highest BCUT2D eigenvalue weighted by molar-refractivity contribution is 7.88. The minimum atomic E-state index is -3.35. The minimum Gasteiger partial charge on any atom is -0.462 e. The van der Waals surface area contributed by atoms with E-state index in [0.717, 1.165) is 11.6 Å². The molecule has 0 atom stereocenters. The van der Waals surface area contributed by atoms with Crippen LogP contribution in [0.1, 0.15) is 23.7 Å². The van der Waals surface area contributed by atoms with Crippen LogP contribution in [0.25, 0.3) is 22.2 Å². The number of ether oxygens (including phenoxy) is 1. The van der Waals surface area contributed by atoms with Crippen molar-refractivity contribution in [1.29, 1.82) is 5.26 Å². The fourth-order valence-electron chi connectivity index (χ4n) is 3.72. The molecule has 0 amide bonds. The first-order chi connectivity index (χ1) is 14.3. The molecule has 4 rings (SSSR count). The van der Waals surface area contributed by atoms with E-state index >= 15 is 0 Å². The molecule has 0 saturated carbocycles. The third kappa shape index (κ3) is 3.24. The topological polar surface area (TPSA) is 134 Å². The quantitative estimate of drug-likeness (QED) is 0.588. The van der Waals surface area contributed by atoms with E-state index in [1.54, 1.807) is 30.2 Å². The van der Waals surface area contributed by atoms with Gasteiger partial charge in [0, 0.05) is 48.2 Å². The van der Waals surface area contributed by atoms with Crippen LogP contribution in [0, 0.1) is 11.3 Å². The Hall–Kier alpha value is -3.23. The Morgan fingerprint density at radius 2 is 2.17 bits per heavy atom. The second-order valence-electron chi connectivity index (χ2n) is 7.27. The number of sulfonamides is 1. The summed E-state index contributed by atoms with van der Waals surface area (Å²) < 4.78 is 31.7. The molecule has 0 aliphatic carbocycles. The summed E-state index contributed by atoms with van der Waals surface area (Å²) in [5, 5.41) is 14.5. The summed E-state index contributed by atoms with van der Waals surface area (Å²) in [7, 11) is -3.35. The zero-order valence-electron chi connectivity index (χ0n) is 16.5. The summed E-state index contributed by atoms with van der Waals surface area (Å²) in [5.74, 6) is -0.491. The van der Waals surface area contributed by atoms with Crippen LogP contribution in [0.5, 0.6) is 0 Å². The van der Waals surface area contributed by atoms with Gasteiger partial charge in [-0.25, -0.2) is 18.2 Å². The Labute approximate surface area is 173 Å². The first kappa shape index (κ1) is 20.1. The van der Waals surface area contributed by atoms with E-state index in [2.05, 4.69) is 21.1 Å². The summed E-state index contributed by atoms with van der Waals surface area (Å²) in [6, 6.07) is 3.95. The molecule has 1 fully saturated rings. The average molecular weight is 428 g/mol. The first-order valence-corrected chi connectivity index (χ1v) is 11.1. The molecule has 0 spiro atoms. The van der Waals surface area contributed by atoms with Crippen LogP contribution in [0.4, 0.5) is 0 Å². The highest BCUT2D eigenvalue weighted by Crippen LogP contribution is 2.37. The number of hydrogen-bond acceptors (Lipinski definition) is 7. The highest BCUT2D eigenvalue weighted by atomic mass is 32.2. The van der Waals surface area contributed by atoms with Crippen LogP contribution in [-0.4, -0.2) is 64.4 Å². The Kier molecular flexibility index (Phi) is 4.83. The molecule has 0 bridgehead atoms. The van der Waals surface area contributed by atoms with Crippen molar-refractivity contribution in [3.63, 3.8) is 0 Å². The lowest BCUT2D eigenvalue weighted by atomic mass is 9.89. The fraction of sp³-hybridized carbons (Fsp3) is 0.368. The van der Waals surface area contributed by atoms with Gasteiger partial charge in [-0.2, -0.15) is 14.7 Å². The minimum absolute atomic E-state index is 0.112. The Balaban J connectivity index is 1.78. The van der Waals surface area contributed by atoms with Crippen molar-refractivity contribution >= 4 is 27.0 Å². The maximum atomic E-state index is 12.5. The van der Waals surface area contributed by atoms with E-state index in [1.807, 2.05) is 6.07 Å². The molecule has 1 aliphatic rings. The van der Waals surface area contributed by atoms with Gasteiger partial charge in [0.15, 0.2) is 0 Å². The summed E-state index contributed by atoms with van der Waals surface area (Å²) in [5.41, 5.74) is 1.45. The van der Waals surface area contributed by atoms with Crippen LogP contribution in [-0.2, 0) is 20.3 Å². The van der Waals surface area contributed by atoms with Gasteiger partial charge in [0.2, 0.25) is 10.0 Å². The second-order valence-corrected chi connectivity index (χ2v) is 9.25. The summed E-state index contributed by atoms with van der Waals surface area (Å²) in [6.07, 6.45) is 7.79. The van der Waals surface area contributed by atoms with E-state index in [9.17, 15) is 18.5 Å². The summed E-state index contributed by atoms with van der Waals surface area (Å²) in [4.78, 5) is 19.8. The SMILES string of the molecule is CCOC(=O)c1cnc2[nH]ccc2c1-c1cnn(C2(CC#N)CN(S(C)(=O)=O)C2)c1. The predicted molar refractivity (Wildman–Crippen MR) is 108 cm³/mol. The summed E-state index contributed by atoms with van der Waals surface area (Å²) >= 11 is 0. The lowest BCUT2D eigenvalue weighted by Gasteiger charge is -2.47. The monoisotopic (exact) mass is 428 g/mol. The van der Waals surface area contributed by atoms with Gasteiger partial charge in [-0.3, -0.25) is 4.68 Å². The van der Waals surface area contributed by atoms with Crippen LogP contribution >= 0.6 is 0 Å². The van der Waals surface area contributed by atoms with E-state index in [0.29, 0.717) is 22.3 Å². The van der Waals surface area contributed by atoms with E-state index in [4.69, 9.17) is 4.74 Å². The molecule has 1 saturated heterocycles. The van der Waals surface area contributed by atoms with Crippen LogP contribution < -0.4 is 0 Å². The van der Waals surface area contributed by atoms with Gasteiger partial charge in [0.25, 0.3) is 0 Å². The third-order valence-corrected chi connectivity index (χ3v) is 6.45. The number of H-pyrrole nitrogens is 1. The first-order valence-electron chi connectivity index (χ1n) is 9.30. The van der Waals surface area contributed by atoms with Gasteiger partial charge in [-0.1, -0.05) is 0 Å². The molecule has 0 radical (unpaired) electrons. The molecule has 0 unspecified atom stereocenters. The lowest BCUT2D eigenvalue weighted by Crippen LogP contribution is -2.63. The van der Waals surface area contributed by atoms with E-state index < -0.39 is 21.5 Å². The van der Waals surface area contributed by atoms with E-state index in [-0.39, 0.29) is 26.1 Å². The molecule has 1 N–H and O–H groups in total. The van der Waals surface area contributed by atoms with Crippen molar-refractivity contribution in [2.75, 3.05) is 26.0 Å². The zero-order chi connectivity index (χ0) is 21.5. The molecule has 30 heavy (non-hydrogen) atoms. The highest BCUT2D eigenvalue weighted by Gasteiger charge is 2.49. The van der Waals surface area contributed by atoms with Gasteiger partial charge in [0.1, 0.15) is 11.2 Å². The van der Waals surface area contributed by atoms with Crippen molar-refractivity contribution in [2.24, 2.45) is 0 Å².